The molecular formula is C28H44O3Si2. The van der Waals surface area contributed by atoms with Crippen LogP contribution in [0.3, 0.4) is 0 Å². The molecule has 0 aliphatic heterocycles. The van der Waals surface area contributed by atoms with Gasteiger partial charge in [-0.2, -0.15) is 0 Å². The Hall–Kier alpha value is -1.74. The maximum absolute atomic E-state index is 11.8. The van der Waals surface area contributed by atoms with Crippen LogP contribution < -0.4 is 0 Å². The number of rotatable bonds is 9. The van der Waals surface area contributed by atoms with Crippen molar-refractivity contribution in [3.63, 3.8) is 0 Å². The molecule has 0 rings (SSSR count). The van der Waals surface area contributed by atoms with Crippen molar-refractivity contribution in [1.82, 2.24) is 0 Å². The number of unbranched alkanes of at least 4 members (excludes halogenated alkanes) is 1. The first-order valence-electron chi connectivity index (χ1n) is 11.9. The van der Waals surface area contributed by atoms with E-state index in [0.717, 1.165) is 19.4 Å². The van der Waals surface area contributed by atoms with E-state index in [1.54, 1.807) is 0 Å². The van der Waals surface area contributed by atoms with Gasteiger partial charge in [0.1, 0.15) is 0 Å². The Kier molecular flexibility index (Phi) is 13.7. The zero-order valence-electron chi connectivity index (χ0n) is 22.7. The van der Waals surface area contributed by atoms with Gasteiger partial charge in [0, 0.05) is 38.9 Å². The number of hydrogen-bond donors (Lipinski definition) is 0. The molecule has 0 N–H and O–H groups in total. The molecule has 0 saturated carbocycles. The fraction of sp³-hybridized carbons (Fsp3) is 0.679. The molecule has 0 saturated heterocycles. The first-order chi connectivity index (χ1) is 15.1. The Balaban J connectivity index is 4.08. The van der Waals surface area contributed by atoms with Crippen LogP contribution in [0, 0.1) is 47.4 Å². The third kappa shape index (κ3) is 14.2. The Morgan fingerprint density at radius 3 is 1.67 bits per heavy atom. The number of ketones is 1. The molecule has 0 radical (unpaired) electrons. The summed E-state index contributed by atoms with van der Waals surface area (Å²) in [6.07, 6.45) is 3.08. The van der Waals surface area contributed by atoms with Crippen LogP contribution >= 0.6 is 0 Å². The molecule has 33 heavy (non-hydrogen) atoms. The Labute approximate surface area is 206 Å². The number of Topliss-reactive ketones (excluding diaryl/α,β-unsaturated/α-hetero) is 1. The quantitative estimate of drug-likeness (QED) is 0.161. The second kappa shape index (κ2) is 14.5. The van der Waals surface area contributed by atoms with E-state index in [1.165, 1.54) is 0 Å². The summed E-state index contributed by atoms with van der Waals surface area (Å²) in [7, 11) is -3.39. The first-order valence-corrected chi connectivity index (χ1v) is 17.7. The maximum atomic E-state index is 11.8. The average Bonchev–Trinajstić information content (AvgIpc) is 2.66. The molecule has 0 aliphatic rings. The van der Waals surface area contributed by atoms with Gasteiger partial charge in [0.15, 0.2) is 16.6 Å². The lowest BCUT2D eigenvalue weighted by Crippen LogP contribution is -2.40. The molecule has 5 heteroatoms. The van der Waals surface area contributed by atoms with Crippen LogP contribution in [0.2, 0.25) is 36.3 Å². The van der Waals surface area contributed by atoms with E-state index in [2.05, 4.69) is 115 Å². The van der Waals surface area contributed by atoms with E-state index in [4.69, 9.17) is 8.85 Å². The number of hydrogen-bond acceptors (Lipinski definition) is 3. The summed E-state index contributed by atoms with van der Waals surface area (Å²) in [6.45, 7) is 23.7. The zero-order chi connectivity index (χ0) is 25.6. The Morgan fingerprint density at radius 1 is 0.667 bits per heavy atom. The standard InChI is InChI=1S/C28H44O3Si2/c1-27(2,3)32(7,8)30-24-20-16-13-11-12-14-18-22-26(29)23-19-15-17-21-25-31-33(9,10)28(4,5)6/h16,18,20-22,24-25H2,1-10H3. The van der Waals surface area contributed by atoms with Crippen molar-refractivity contribution in [2.24, 2.45) is 0 Å². The Bertz CT molecular complexity index is 871. The van der Waals surface area contributed by atoms with Crippen molar-refractivity contribution >= 4 is 22.4 Å². The van der Waals surface area contributed by atoms with Crippen molar-refractivity contribution in [1.29, 1.82) is 0 Å². The van der Waals surface area contributed by atoms with Gasteiger partial charge in [0.2, 0.25) is 5.78 Å². The van der Waals surface area contributed by atoms with Crippen molar-refractivity contribution in [2.45, 2.75) is 110 Å². The molecule has 0 spiro atoms. The zero-order valence-corrected chi connectivity index (χ0v) is 24.7. The summed E-state index contributed by atoms with van der Waals surface area (Å²) in [5, 5.41) is 0.429. The third-order valence-corrected chi connectivity index (χ3v) is 15.4. The van der Waals surface area contributed by atoms with E-state index in [-0.39, 0.29) is 15.9 Å². The van der Waals surface area contributed by atoms with Gasteiger partial charge in [0.05, 0.1) is 0 Å². The molecule has 0 fully saturated rings. The summed E-state index contributed by atoms with van der Waals surface area (Å²) in [5.41, 5.74) is 0. The lowest BCUT2D eigenvalue weighted by molar-refractivity contribution is -0.113. The van der Waals surface area contributed by atoms with Gasteiger partial charge < -0.3 is 8.85 Å². The summed E-state index contributed by atoms with van der Waals surface area (Å²) in [4.78, 5) is 11.8. The van der Waals surface area contributed by atoms with E-state index in [9.17, 15) is 4.79 Å². The predicted octanol–water partition coefficient (Wildman–Crippen LogP) is 6.56. The molecule has 0 aliphatic carbocycles. The highest BCUT2D eigenvalue weighted by Crippen LogP contribution is 2.37. The molecule has 3 nitrogen and oxygen atoms in total. The van der Waals surface area contributed by atoms with Crippen LogP contribution in [0.4, 0.5) is 0 Å². The SMILES string of the molecule is CC(C)(C)[Si](C)(C)OCCC#CC#CC(=O)CCC#CC#CCCCO[Si](C)(C)C(C)(C)C. The highest BCUT2D eigenvalue weighted by Gasteiger charge is 2.37. The van der Waals surface area contributed by atoms with Crippen LogP contribution in [-0.4, -0.2) is 35.6 Å². The van der Waals surface area contributed by atoms with E-state index < -0.39 is 16.6 Å². The first kappa shape index (κ1) is 31.3. The summed E-state index contributed by atoms with van der Waals surface area (Å²) in [6, 6.07) is 0. The molecule has 0 unspecified atom stereocenters. The fourth-order valence-corrected chi connectivity index (χ4v) is 4.07. The maximum Gasteiger partial charge on any atom is 0.207 e. The van der Waals surface area contributed by atoms with E-state index >= 15 is 0 Å². The molecule has 0 bridgehead atoms. The van der Waals surface area contributed by atoms with Crippen LogP contribution in [0.25, 0.3) is 0 Å². The third-order valence-electron chi connectivity index (χ3n) is 6.28. The van der Waals surface area contributed by atoms with Gasteiger partial charge in [-0.1, -0.05) is 59.3 Å². The second-order valence-corrected chi connectivity index (χ2v) is 20.8. The van der Waals surface area contributed by atoms with Gasteiger partial charge in [-0.05, 0) is 72.3 Å². The highest BCUT2D eigenvalue weighted by molar-refractivity contribution is 6.74. The minimum Gasteiger partial charge on any atom is -0.417 e. The molecule has 0 amide bonds. The summed E-state index contributed by atoms with van der Waals surface area (Å²) >= 11 is 0. The van der Waals surface area contributed by atoms with E-state index in [0.29, 0.717) is 25.9 Å². The van der Waals surface area contributed by atoms with Gasteiger partial charge in [-0.3, -0.25) is 4.79 Å². The highest BCUT2D eigenvalue weighted by atomic mass is 28.4. The minimum absolute atomic E-state index is 0.146. The van der Waals surface area contributed by atoms with Gasteiger partial charge in [0.25, 0.3) is 0 Å². The van der Waals surface area contributed by atoms with Crippen LogP contribution in [-0.2, 0) is 13.6 Å². The van der Waals surface area contributed by atoms with Crippen molar-refractivity contribution in [3.05, 3.63) is 0 Å². The molecule has 0 atom stereocenters. The fourth-order valence-electron chi connectivity index (χ4n) is 1.94. The molecule has 182 valence electrons. The second-order valence-electron chi connectivity index (χ2n) is 11.1. The van der Waals surface area contributed by atoms with Gasteiger partial charge in [-0.15, -0.1) is 0 Å². The summed E-state index contributed by atoms with van der Waals surface area (Å²) in [5.74, 6) is 22.3. The predicted molar refractivity (Wildman–Crippen MR) is 145 cm³/mol. The molecule has 0 aromatic rings. The Morgan fingerprint density at radius 2 is 1.12 bits per heavy atom. The number of carbonyl (C=O) groups is 1. The normalized spacial score (nSPS) is 11.6. The number of carbonyl (C=O) groups excluding carboxylic acids is 1. The van der Waals surface area contributed by atoms with Crippen molar-refractivity contribution < 1.29 is 13.6 Å². The molecule has 0 aromatic carbocycles. The lowest BCUT2D eigenvalue weighted by atomic mass is 10.2. The van der Waals surface area contributed by atoms with Crippen molar-refractivity contribution in [3.8, 4) is 47.4 Å². The van der Waals surface area contributed by atoms with Gasteiger partial charge >= 0.3 is 0 Å². The smallest absolute Gasteiger partial charge is 0.207 e. The average molecular weight is 485 g/mol. The lowest BCUT2D eigenvalue weighted by Gasteiger charge is -2.36. The molecule has 0 heterocycles. The minimum atomic E-state index is -1.72. The van der Waals surface area contributed by atoms with Crippen LogP contribution in [0.15, 0.2) is 0 Å². The van der Waals surface area contributed by atoms with Crippen LogP contribution in [0.1, 0.15) is 73.6 Å². The topological polar surface area (TPSA) is 35.5 Å². The van der Waals surface area contributed by atoms with Crippen molar-refractivity contribution in [2.75, 3.05) is 13.2 Å². The van der Waals surface area contributed by atoms with Crippen LogP contribution in [0.5, 0.6) is 0 Å². The van der Waals surface area contributed by atoms with E-state index in [1.807, 2.05) is 0 Å². The molecule has 0 aromatic heterocycles. The monoisotopic (exact) mass is 484 g/mol. The molecular weight excluding hydrogens is 440 g/mol. The largest absolute Gasteiger partial charge is 0.417 e. The summed E-state index contributed by atoms with van der Waals surface area (Å²) < 4.78 is 12.2. The van der Waals surface area contributed by atoms with Gasteiger partial charge in [-0.25, -0.2) is 0 Å².